The number of hydrogen-bond acceptors (Lipinski definition) is 2. The van der Waals surface area contributed by atoms with Gasteiger partial charge in [0.15, 0.2) is 0 Å². The average Bonchev–Trinajstić information content (AvgIpc) is 2.38. The highest BCUT2D eigenvalue weighted by molar-refractivity contribution is 5.32. The Kier molecular flexibility index (Phi) is 4.85. The molecule has 2 nitrogen and oxygen atoms in total. The fraction of sp³-hybridized carbons (Fsp3) is 0.294. The lowest BCUT2D eigenvalue weighted by Gasteiger charge is -2.09. The Bertz CT molecular complexity index is 486. The molecule has 100 valence electrons. The highest BCUT2D eigenvalue weighted by Gasteiger charge is 1.97. The third-order valence-electron chi connectivity index (χ3n) is 2.76. The molecule has 0 saturated carbocycles. The lowest BCUT2D eigenvalue weighted by molar-refractivity contribution is 0.247. The van der Waals surface area contributed by atoms with Crippen molar-refractivity contribution >= 4 is 0 Å². The standard InChI is InChI=1S/C17H20O2/c1-14-11-15(2)13-17(12-14)19-10-6-9-18-16-7-4-3-5-8-16/h3-5,7-8,11-13H,6,9-10H2,1-2H3. The van der Waals surface area contributed by atoms with Crippen LogP contribution in [0.15, 0.2) is 48.5 Å². The molecule has 2 heteroatoms. The van der Waals surface area contributed by atoms with Crippen LogP contribution < -0.4 is 9.47 Å². The second-order valence-electron chi connectivity index (χ2n) is 4.69. The van der Waals surface area contributed by atoms with Crippen LogP contribution in [-0.4, -0.2) is 13.2 Å². The zero-order valence-corrected chi connectivity index (χ0v) is 11.6. The summed E-state index contributed by atoms with van der Waals surface area (Å²) in [6.07, 6.45) is 0.877. The van der Waals surface area contributed by atoms with Crippen LogP contribution in [0.4, 0.5) is 0 Å². The maximum atomic E-state index is 5.73. The molecule has 0 aliphatic carbocycles. The van der Waals surface area contributed by atoms with Gasteiger partial charge in [0.05, 0.1) is 13.2 Å². The SMILES string of the molecule is Cc1cc(C)cc(OCCCOc2ccccc2)c1. The largest absolute Gasteiger partial charge is 0.493 e. The maximum absolute atomic E-state index is 5.73. The summed E-state index contributed by atoms with van der Waals surface area (Å²) in [4.78, 5) is 0. The molecule has 19 heavy (non-hydrogen) atoms. The van der Waals surface area contributed by atoms with Crippen LogP contribution in [0.5, 0.6) is 11.5 Å². The molecule has 2 aromatic rings. The van der Waals surface area contributed by atoms with Crippen molar-refractivity contribution in [2.24, 2.45) is 0 Å². The Morgan fingerprint density at radius 1 is 0.737 bits per heavy atom. The lowest BCUT2D eigenvalue weighted by Crippen LogP contribution is -2.05. The molecular weight excluding hydrogens is 236 g/mol. The summed E-state index contributed by atoms with van der Waals surface area (Å²) in [6.45, 7) is 5.52. The van der Waals surface area contributed by atoms with Gasteiger partial charge in [-0.15, -0.1) is 0 Å². The van der Waals surface area contributed by atoms with Gasteiger partial charge in [-0.05, 0) is 49.2 Å². The fourth-order valence-electron chi connectivity index (χ4n) is 1.97. The Morgan fingerprint density at radius 3 is 1.95 bits per heavy atom. The molecule has 0 atom stereocenters. The summed E-state index contributed by atoms with van der Waals surface area (Å²) in [7, 11) is 0. The molecular formula is C17H20O2. The molecule has 0 N–H and O–H groups in total. The average molecular weight is 256 g/mol. The van der Waals surface area contributed by atoms with Crippen molar-refractivity contribution in [1.29, 1.82) is 0 Å². The number of benzene rings is 2. The minimum absolute atomic E-state index is 0.675. The van der Waals surface area contributed by atoms with Gasteiger partial charge in [-0.2, -0.15) is 0 Å². The van der Waals surface area contributed by atoms with E-state index in [2.05, 4.69) is 32.0 Å². The van der Waals surface area contributed by atoms with Crippen molar-refractivity contribution in [3.05, 3.63) is 59.7 Å². The van der Waals surface area contributed by atoms with Crippen molar-refractivity contribution in [2.45, 2.75) is 20.3 Å². The molecule has 0 unspecified atom stereocenters. The molecule has 0 saturated heterocycles. The molecule has 0 radical (unpaired) electrons. The van der Waals surface area contributed by atoms with Crippen LogP contribution in [0.2, 0.25) is 0 Å². The van der Waals surface area contributed by atoms with Crippen molar-refractivity contribution < 1.29 is 9.47 Å². The number of para-hydroxylation sites is 1. The first-order valence-electron chi connectivity index (χ1n) is 6.63. The second-order valence-corrected chi connectivity index (χ2v) is 4.69. The summed E-state index contributed by atoms with van der Waals surface area (Å²) in [5, 5.41) is 0. The number of aryl methyl sites for hydroxylation is 2. The van der Waals surface area contributed by atoms with E-state index >= 15 is 0 Å². The molecule has 0 aliphatic heterocycles. The topological polar surface area (TPSA) is 18.5 Å². The molecule has 0 aliphatic rings. The summed E-state index contributed by atoms with van der Waals surface area (Å²) in [5.41, 5.74) is 2.46. The first-order chi connectivity index (χ1) is 9.24. The third kappa shape index (κ3) is 4.66. The van der Waals surface area contributed by atoms with Crippen LogP contribution in [0, 0.1) is 13.8 Å². The lowest BCUT2D eigenvalue weighted by atomic mass is 10.1. The van der Waals surface area contributed by atoms with Crippen molar-refractivity contribution in [2.75, 3.05) is 13.2 Å². The molecule has 0 spiro atoms. The minimum Gasteiger partial charge on any atom is -0.493 e. The van der Waals surface area contributed by atoms with Gasteiger partial charge in [0.2, 0.25) is 0 Å². The van der Waals surface area contributed by atoms with Crippen molar-refractivity contribution in [1.82, 2.24) is 0 Å². The summed E-state index contributed by atoms with van der Waals surface area (Å²) in [6, 6.07) is 16.1. The van der Waals surface area contributed by atoms with Gasteiger partial charge >= 0.3 is 0 Å². The van der Waals surface area contributed by atoms with E-state index < -0.39 is 0 Å². The first kappa shape index (κ1) is 13.5. The molecule has 2 aromatic carbocycles. The van der Waals surface area contributed by atoms with Gasteiger partial charge in [0, 0.05) is 6.42 Å². The van der Waals surface area contributed by atoms with E-state index in [-0.39, 0.29) is 0 Å². The van der Waals surface area contributed by atoms with Crippen molar-refractivity contribution in [3.8, 4) is 11.5 Å². The van der Waals surface area contributed by atoms with E-state index in [4.69, 9.17) is 9.47 Å². The zero-order valence-electron chi connectivity index (χ0n) is 11.6. The van der Waals surface area contributed by atoms with Crippen molar-refractivity contribution in [3.63, 3.8) is 0 Å². The van der Waals surface area contributed by atoms with E-state index in [0.29, 0.717) is 13.2 Å². The Hall–Kier alpha value is -1.96. The van der Waals surface area contributed by atoms with Crippen LogP contribution in [0.3, 0.4) is 0 Å². The zero-order chi connectivity index (χ0) is 13.5. The molecule has 0 bridgehead atoms. The molecule has 0 aromatic heterocycles. The normalized spacial score (nSPS) is 10.2. The van der Waals surface area contributed by atoms with Crippen LogP contribution >= 0.6 is 0 Å². The van der Waals surface area contributed by atoms with Gasteiger partial charge in [-0.1, -0.05) is 24.3 Å². The molecule has 0 fully saturated rings. The van der Waals surface area contributed by atoms with Gasteiger partial charge in [-0.3, -0.25) is 0 Å². The molecule has 2 rings (SSSR count). The maximum Gasteiger partial charge on any atom is 0.119 e. The first-order valence-corrected chi connectivity index (χ1v) is 6.63. The predicted molar refractivity (Wildman–Crippen MR) is 78.0 cm³/mol. The highest BCUT2D eigenvalue weighted by atomic mass is 16.5. The smallest absolute Gasteiger partial charge is 0.119 e. The minimum atomic E-state index is 0.675. The summed E-state index contributed by atoms with van der Waals surface area (Å²) >= 11 is 0. The van der Waals surface area contributed by atoms with Gasteiger partial charge in [0.1, 0.15) is 11.5 Å². The molecule has 0 heterocycles. The number of rotatable bonds is 6. The van der Waals surface area contributed by atoms with E-state index in [1.165, 1.54) is 11.1 Å². The number of ether oxygens (including phenoxy) is 2. The fourth-order valence-corrected chi connectivity index (χ4v) is 1.97. The quantitative estimate of drug-likeness (QED) is 0.723. The highest BCUT2D eigenvalue weighted by Crippen LogP contribution is 2.16. The van der Waals surface area contributed by atoms with Crippen LogP contribution in [0.25, 0.3) is 0 Å². The Balaban J connectivity index is 1.69. The Labute approximate surface area is 115 Å². The summed E-state index contributed by atoms with van der Waals surface area (Å²) in [5.74, 6) is 1.85. The van der Waals surface area contributed by atoms with E-state index in [1.54, 1.807) is 0 Å². The third-order valence-corrected chi connectivity index (χ3v) is 2.76. The van der Waals surface area contributed by atoms with Gasteiger partial charge in [-0.25, -0.2) is 0 Å². The van der Waals surface area contributed by atoms with E-state index in [0.717, 1.165) is 17.9 Å². The summed E-state index contributed by atoms with van der Waals surface area (Å²) < 4.78 is 11.3. The van der Waals surface area contributed by atoms with E-state index in [1.807, 2.05) is 30.3 Å². The second kappa shape index (κ2) is 6.83. The number of hydrogen-bond donors (Lipinski definition) is 0. The predicted octanol–water partition coefficient (Wildman–Crippen LogP) is 4.15. The molecule has 0 amide bonds. The Morgan fingerprint density at radius 2 is 1.32 bits per heavy atom. The van der Waals surface area contributed by atoms with Crippen LogP contribution in [-0.2, 0) is 0 Å². The van der Waals surface area contributed by atoms with E-state index in [9.17, 15) is 0 Å². The van der Waals surface area contributed by atoms with Gasteiger partial charge in [0.25, 0.3) is 0 Å². The monoisotopic (exact) mass is 256 g/mol. The van der Waals surface area contributed by atoms with Crippen LogP contribution in [0.1, 0.15) is 17.5 Å². The van der Waals surface area contributed by atoms with Gasteiger partial charge < -0.3 is 9.47 Å².